The molecule has 0 aromatic heterocycles. The highest BCUT2D eigenvalue weighted by molar-refractivity contribution is 7.85. The molecule has 1 unspecified atom stereocenters. The molecule has 0 saturated heterocycles. The maximum absolute atomic E-state index is 14.0. The molecule has 248 valence electrons. The molecule has 0 spiro atoms. The number of carbonyl (C=O) groups is 3. The molecule has 2 aromatic rings. The summed E-state index contributed by atoms with van der Waals surface area (Å²) in [5.41, 5.74) is 10.5. The fourth-order valence-corrected chi connectivity index (χ4v) is 6.70. The fourth-order valence-electron chi connectivity index (χ4n) is 6.22. The summed E-state index contributed by atoms with van der Waals surface area (Å²) in [4.78, 5) is 40.4. The lowest BCUT2D eigenvalue weighted by Gasteiger charge is -2.47. The molecule has 11 nitrogen and oxygen atoms in total. The number of hydrogen-bond donors (Lipinski definition) is 6. The van der Waals surface area contributed by atoms with Crippen LogP contribution >= 0.6 is 0 Å². The van der Waals surface area contributed by atoms with Crippen LogP contribution in [0.25, 0.3) is 6.08 Å². The van der Waals surface area contributed by atoms with Gasteiger partial charge < -0.3 is 5.73 Å². The summed E-state index contributed by atoms with van der Waals surface area (Å²) in [6.07, 6.45) is 8.17. The van der Waals surface area contributed by atoms with Gasteiger partial charge in [-0.1, -0.05) is 93.3 Å². The van der Waals surface area contributed by atoms with Crippen LogP contribution in [-0.2, 0) is 24.5 Å². The van der Waals surface area contributed by atoms with Crippen molar-refractivity contribution in [3.05, 3.63) is 71.8 Å². The molecule has 1 aliphatic carbocycles. The van der Waals surface area contributed by atoms with Crippen molar-refractivity contribution in [1.29, 1.82) is 0 Å². The standard InChI is InChI=1S/C26H40N4O4.C7H8O3S/c1-17(2)16-21(24(32)29-28)22(25(33)30-34)26(23(31)18(3)27,20-12-8-5-9-13-20)15-14-19-10-6-4-7-11-19;1-6-2-4-7(5-3-6)11(8,9)10/h4,6-7,10-11,14-15,17-18,20-22,34H,5,8-9,12-13,16,27-28H2,1-3H3,(H,29,32)(H,30,33);2-5H,1H3,(H,8,9,10)/b15-14+;/t18-,21-,22-,26?;/m1./s1. The molecule has 2 amide bonds. The number of carbonyl (C=O) groups excluding carboxylic acids is 3. The smallest absolute Gasteiger partial charge is 0.294 e. The minimum Gasteiger partial charge on any atom is -0.322 e. The monoisotopic (exact) mass is 644 g/mol. The maximum atomic E-state index is 14.0. The number of benzene rings is 2. The number of amides is 2. The predicted octanol–water partition coefficient (Wildman–Crippen LogP) is 4.20. The van der Waals surface area contributed by atoms with Crippen molar-refractivity contribution >= 4 is 33.8 Å². The molecule has 1 saturated carbocycles. The van der Waals surface area contributed by atoms with Crippen LogP contribution in [0.15, 0.2) is 65.6 Å². The third kappa shape index (κ3) is 10.3. The Morgan fingerprint density at radius 3 is 2.02 bits per heavy atom. The third-order valence-corrected chi connectivity index (χ3v) is 9.17. The first-order valence-corrected chi connectivity index (χ1v) is 16.7. The highest BCUT2D eigenvalue weighted by Crippen LogP contribution is 2.50. The van der Waals surface area contributed by atoms with Crippen LogP contribution in [0.3, 0.4) is 0 Å². The van der Waals surface area contributed by atoms with Gasteiger partial charge in [-0.25, -0.2) is 11.3 Å². The summed E-state index contributed by atoms with van der Waals surface area (Å²) in [7, 11) is -4.02. The van der Waals surface area contributed by atoms with Gasteiger partial charge in [0.1, 0.15) is 0 Å². The zero-order valence-electron chi connectivity index (χ0n) is 26.5. The lowest BCUT2D eigenvalue weighted by Crippen LogP contribution is -2.59. The van der Waals surface area contributed by atoms with Gasteiger partial charge >= 0.3 is 0 Å². The molecule has 0 bridgehead atoms. The number of nitrogens with one attached hydrogen (secondary N) is 2. The fraction of sp³-hybridized carbons (Fsp3) is 0.485. The molecule has 3 rings (SSSR count). The normalized spacial score (nSPS) is 17.4. The second-order valence-corrected chi connectivity index (χ2v) is 13.6. The number of hydroxylamine groups is 1. The second kappa shape index (κ2) is 17.3. The van der Waals surface area contributed by atoms with Crippen LogP contribution in [-0.4, -0.2) is 41.8 Å². The van der Waals surface area contributed by atoms with E-state index in [1.54, 1.807) is 30.6 Å². The van der Waals surface area contributed by atoms with Crippen LogP contribution in [0.2, 0.25) is 0 Å². The molecule has 1 aliphatic rings. The van der Waals surface area contributed by atoms with E-state index in [2.05, 4.69) is 5.43 Å². The Morgan fingerprint density at radius 2 is 1.56 bits per heavy atom. The number of aryl methyl sites for hydroxylation is 1. The van der Waals surface area contributed by atoms with Gasteiger partial charge in [-0.3, -0.25) is 29.6 Å². The highest BCUT2D eigenvalue weighted by Gasteiger charge is 2.56. The Balaban J connectivity index is 0.000000537. The summed E-state index contributed by atoms with van der Waals surface area (Å²) in [5, 5.41) is 9.78. The summed E-state index contributed by atoms with van der Waals surface area (Å²) < 4.78 is 29.6. The average molecular weight is 645 g/mol. The quantitative estimate of drug-likeness (QED) is 0.0644. The van der Waals surface area contributed by atoms with E-state index in [9.17, 15) is 28.0 Å². The van der Waals surface area contributed by atoms with Crippen molar-refractivity contribution < 1.29 is 32.6 Å². The van der Waals surface area contributed by atoms with Gasteiger partial charge in [0.05, 0.1) is 28.2 Å². The first-order valence-electron chi connectivity index (χ1n) is 15.2. The van der Waals surface area contributed by atoms with Crippen LogP contribution in [0.5, 0.6) is 0 Å². The van der Waals surface area contributed by atoms with Gasteiger partial charge in [0.2, 0.25) is 11.8 Å². The van der Waals surface area contributed by atoms with E-state index >= 15 is 0 Å². The van der Waals surface area contributed by atoms with E-state index in [1.165, 1.54) is 12.1 Å². The molecule has 45 heavy (non-hydrogen) atoms. The van der Waals surface area contributed by atoms with Gasteiger partial charge in [-0.05, 0) is 62.6 Å². The number of rotatable bonds is 12. The largest absolute Gasteiger partial charge is 0.322 e. The number of Topliss-reactive ketones (excluding diaryl/α,β-unsaturated/α-hetero) is 1. The molecule has 2 aromatic carbocycles. The zero-order valence-corrected chi connectivity index (χ0v) is 27.3. The first-order chi connectivity index (χ1) is 21.2. The number of allylic oxidation sites excluding steroid dienone is 1. The summed E-state index contributed by atoms with van der Waals surface area (Å²) >= 11 is 0. The van der Waals surface area contributed by atoms with Crippen molar-refractivity contribution in [3.8, 4) is 0 Å². The Morgan fingerprint density at radius 1 is 0.978 bits per heavy atom. The van der Waals surface area contributed by atoms with Crippen molar-refractivity contribution in [1.82, 2.24) is 10.9 Å². The van der Waals surface area contributed by atoms with E-state index in [4.69, 9.17) is 16.1 Å². The van der Waals surface area contributed by atoms with Gasteiger partial charge in [0.25, 0.3) is 10.1 Å². The van der Waals surface area contributed by atoms with E-state index < -0.39 is 45.2 Å². The predicted molar refractivity (Wildman–Crippen MR) is 173 cm³/mol. The molecule has 12 heteroatoms. The molecule has 0 heterocycles. The molecular formula is C33H48N4O7S. The summed E-state index contributed by atoms with van der Waals surface area (Å²) in [6, 6.07) is 14.6. The molecule has 0 radical (unpaired) electrons. The van der Waals surface area contributed by atoms with E-state index in [1.807, 2.05) is 57.2 Å². The molecular weight excluding hydrogens is 596 g/mol. The molecule has 4 atom stereocenters. The Kier molecular flexibility index (Phi) is 14.5. The number of hydrazine groups is 1. The molecule has 8 N–H and O–H groups in total. The Labute approximate surface area is 266 Å². The van der Waals surface area contributed by atoms with Crippen LogP contribution in [0.4, 0.5) is 0 Å². The van der Waals surface area contributed by atoms with E-state index in [0.29, 0.717) is 19.3 Å². The minimum atomic E-state index is -4.02. The van der Waals surface area contributed by atoms with Gasteiger partial charge in [-0.15, -0.1) is 0 Å². The van der Waals surface area contributed by atoms with Crippen molar-refractivity contribution in [2.24, 2.45) is 40.7 Å². The lowest BCUT2D eigenvalue weighted by atomic mass is 9.54. The minimum absolute atomic E-state index is 0.0313. The maximum Gasteiger partial charge on any atom is 0.294 e. The first kappa shape index (κ1) is 37.8. The Hall–Kier alpha value is -3.42. The lowest BCUT2D eigenvalue weighted by molar-refractivity contribution is -0.154. The van der Waals surface area contributed by atoms with Gasteiger partial charge in [0.15, 0.2) is 5.78 Å². The van der Waals surface area contributed by atoms with E-state index in [0.717, 1.165) is 30.4 Å². The SMILES string of the molecule is CC(C)C[C@@H](C(=O)NN)[C@H](C(=O)NO)C(/C=C/c1ccccc1)(C(=O)[C@@H](C)N)C1CCCCC1.Cc1ccc(S(=O)(=O)O)cc1. The average Bonchev–Trinajstić information content (AvgIpc) is 3.02. The topological polar surface area (TPSA) is 202 Å². The molecule has 1 fully saturated rings. The summed E-state index contributed by atoms with van der Waals surface area (Å²) in [5.74, 6) is 1.55. The van der Waals surface area contributed by atoms with Crippen LogP contribution in [0, 0.1) is 36.0 Å². The van der Waals surface area contributed by atoms with Crippen molar-refractivity contribution in [2.45, 2.75) is 77.2 Å². The molecule has 0 aliphatic heterocycles. The highest BCUT2D eigenvalue weighted by atomic mass is 32.2. The van der Waals surface area contributed by atoms with Crippen LogP contribution < -0.4 is 22.5 Å². The number of hydrogen-bond acceptors (Lipinski definition) is 8. The third-order valence-electron chi connectivity index (χ3n) is 8.31. The van der Waals surface area contributed by atoms with Gasteiger partial charge in [-0.2, -0.15) is 8.42 Å². The van der Waals surface area contributed by atoms with Crippen molar-refractivity contribution in [2.75, 3.05) is 0 Å². The summed E-state index contributed by atoms with van der Waals surface area (Å²) in [6.45, 7) is 7.30. The van der Waals surface area contributed by atoms with Crippen LogP contribution in [0.1, 0.15) is 70.4 Å². The number of ketones is 1. The second-order valence-electron chi connectivity index (χ2n) is 12.2. The van der Waals surface area contributed by atoms with E-state index in [-0.39, 0.29) is 22.5 Å². The van der Waals surface area contributed by atoms with Gasteiger partial charge in [0, 0.05) is 0 Å². The van der Waals surface area contributed by atoms with Crippen molar-refractivity contribution in [3.63, 3.8) is 0 Å². The number of nitrogens with two attached hydrogens (primary N) is 2. The Bertz CT molecular complexity index is 1390. The zero-order chi connectivity index (χ0) is 33.8.